The van der Waals surface area contributed by atoms with Crippen molar-refractivity contribution in [1.82, 2.24) is 14.5 Å². The maximum atomic E-state index is 13.6. The van der Waals surface area contributed by atoms with Crippen molar-refractivity contribution >= 4 is 28.0 Å². The molecule has 1 N–H and O–H groups in total. The summed E-state index contributed by atoms with van der Waals surface area (Å²) >= 11 is 3.46. The number of carboxylic acids is 1. The van der Waals surface area contributed by atoms with Gasteiger partial charge in [-0.2, -0.15) is 0 Å². The lowest BCUT2D eigenvalue weighted by Crippen LogP contribution is -2.63. The largest absolute Gasteiger partial charge is 0.480 e. The number of piperidine rings is 1. The highest BCUT2D eigenvalue weighted by Crippen LogP contribution is 2.54. The third-order valence-corrected chi connectivity index (χ3v) is 9.16. The number of amides is 1. The summed E-state index contributed by atoms with van der Waals surface area (Å²) in [5.74, 6) is -0.426. The molecule has 0 bridgehead atoms. The standard InChI is InChI=1S/C30H32BrN3O6/c1-33-16-25(31)32-27(33)30(40-18-26(35)36)10-13-34(19-29(30)11-14-38-15-12-29)28(37)39-17-24-22-8-4-2-6-20(22)21-7-3-5-9-23(21)24/h2-9,16,24H,10-15,17-19H2,1H3,(H,35,36). The van der Waals surface area contributed by atoms with Crippen LogP contribution in [0, 0.1) is 5.41 Å². The van der Waals surface area contributed by atoms with Crippen molar-refractivity contribution in [2.75, 3.05) is 39.5 Å². The van der Waals surface area contributed by atoms with Crippen LogP contribution in [0.2, 0.25) is 0 Å². The number of halogens is 1. The molecule has 1 amide bonds. The van der Waals surface area contributed by atoms with E-state index in [2.05, 4.69) is 40.2 Å². The first kappa shape index (κ1) is 27.0. The first-order chi connectivity index (χ1) is 19.3. The second-order valence-electron chi connectivity index (χ2n) is 10.9. The zero-order valence-corrected chi connectivity index (χ0v) is 23.9. The molecular weight excluding hydrogens is 578 g/mol. The van der Waals surface area contributed by atoms with Crippen LogP contribution in [0.1, 0.15) is 42.1 Å². The van der Waals surface area contributed by atoms with Gasteiger partial charge in [0.15, 0.2) is 0 Å². The van der Waals surface area contributed by atoms with Crippen LogP contribution >= 0.6 is 15.9 Å². The van der Waals surface area contributed by atoms with E-state index >= 15 is 0 Å². The number of carbonyl (C=O) groups excluding carboxylic acids is 1. The molecule has 2 aliphatic heterocycles. The summed E-state index contributed by atoms with van der Waals surface area (Å²) in [4.78, 5) is 31.7. The van der Waals surface area contributed by atoms with Gasteiger partial charge >= 0.3 is 12.1 Å². The van der Waals surface area contributed by atoms with Crippen molar-refractivity contribution < 1.29 is 28.9 Å². The number of aryl methyl sites for hydroxylation is 1. The Morgan fingerprint density at radius 2 is 1.73 bits per heavy atom. The summed E-state index contributed by atoms with van der Waals surface area (Å²) in [6.45, 7) is 1.47. The van der Waals surface area contributed by atoms with Crippen LogP contribution < -0.4 is 0 Å². The van der Waals surface area contributed by atoms with Gasteiger partial charge in [-0.3, -0.25) is 0 Å². The Morgan fingerprint density at radius 1 is 1.07 bits per heavy atom. The van der Waals surface area contributed by atoms with E-state index in [0.29, 0.717) is 56.0 Å². The normalized spacial score (nSPS) is 21.7. The van der Waals surface area contributed by atoms with Crippen molar-refractivity contribution in [2.24, 2.45) is 12.5 Å². The molecular formula is C30H32BrN3O6. The zero-order chi connectivity index (χ0) is 27.9. The maximum absolute atomic E-state index is 13.6. The van der Waals surface area contributed by atoms with Gasteiger partial charge in [0.1, 0.15) is 29.2 Å². The third-order valence-electron chi connectivity index (χ3n) is 8.78. The number of nitrogens with zero attached hydrogens (tertiary/aromatic N) is 3. The van der Waals surface area contributed by atoms with E-state index in [1.807, 2.05) is 42.1 Å². The first-order valence-electron chi connectivity index (χ1n) is 13.6. The molecule has 6 rings (SSSR count). The van der Waals surface area contributed by atoms with E-state index in [4.69, 9.17) is 19.2 Å². The number of hydrogen-bond donors (Lipinski definition) is 1. The molecule has 0 saturated carbocycles. The quantitative estimate of drug-likeness (QED) is 0.422. The van der Waals surface area contributed by atoms with E-state index in [-0.39, 0.29) is 18.6 Å². The molecule has 1 aromatic heterocycles. The van der Waals surface area contributed by atoms with Crippen LogP contribution in [-0.4, -0.2) is 71.1 Å². The van der Waals surface area contributed by atoms with Crippen LogP contribution in [0.4, 0.5) is 4.79 Å². The minimum absolute atomic E-state index is 0.0268. The molecule has 9 nitrogen and oxygen atoms in total. The summed E-state index contributed by atoms with van der Waals surface area (Å²) < 4.78 is 20.6. The van der Waals surface area contributed by atoms with Crippen LogP contribution in [-0.2, 0) is 31.7 Å². The average molecular weight is 611 g/mol. The predicted molar refractivity (Wildman–Crippen MR) is 150 cm³/mol. The number of benzene rings is 2. The van der Waals surface area contributed by atoms with Gasteiger partial charge in [0.2, 0.25) is 0 Å². The van der Waals surface area contributed by atoms with Crippen LogP contribution in [0.5, 0.6) is 0 Å². The van der Waals surface area contributed by atoms with E-state index in [1.54, 1.807) is 4.90 Å². The summed E-state index contributed by atoms with van der Waals surface area (Å²) in [5.41, 5.74) is 3.09. The predicted octanol–water partition coefficient (Wildman–Crippen LogP) is 4.93. The van der Waals surface area contributed by atoms with E-state index in [9.17, 15) is 14.7 Å². The highest BCUT2D eigenvalue weighted by molar-refractivity contribution is 9.10. The Balaban J connectivity index is 1.26. The summed E-state index contributed by atoms with van der Waals surface area (Å²) in [5, 5.41) is 9.55. The Bertz CT molecular complexity index is 1390. The van der Waals surface area contributed by atoms with Gasteiger partial charge in [0, 0.05) is 57.3 Å². The third kappa shape index (κ3) is 4.52. The fourth-order valence-corrected chi connectivity index (χ4v) is 7.40. The number of fused-ring (bicyclic) bond motifs is 3. The van der Waals surface area contributed by atoms with Crippen molar-refractivity contribution in [3.8, 4) is 11.1 Å². The van der Waals surface area contributed by atoms with Gasteiger partial charge < -0.3 is 28.8 Å². The summed E-state index contributed by atoms with van der Waals surface area (Å²) in [6, 6.07) is 16.5. The molecule has 3 aliphatic rings. The molecule has 210 valence electrons. The Kier molecular flexibility index (Phi) is 7.18. The molecule has 2 aromatic carbocycles. The van der Waals surface area contributed by atoms with Gasteiger partial charge in [-0.15, -0.1) is 0 Å². The van der Waals surface area contributed by atoms with Gasteiger partial charge in [0.25, 0.3) is 0 Å². The van der Waals surface area contributed by atoms with Gasteiger partial charge in [0.05, 0.1) is 0 Å². The second kappa shape index (κ2) is 10.6. The molecule has 1 spiro atoms. The lowest BCUT2D eigenvalue weighted by molar-refractivity contribution is -0.214. The lowest BCUT2D eigenvalue weighted by atomic mass is 9.62. The van der Waals surface area contributed by atoms with Crippen molar-refractivity contribution in [3.63, 3.8) is 0 Å². The van der Waals surface area contributed by atoms with Gasteiger partial charge in [-0.05, 0) is 51.0 Å². The highest BCUT2D eigenvalue weighted by atomic mass is 79.9. The maximum Gasteiger partial charge on any atom is 0.409 e. The second-order valence-corrected chi connectivity index (χ2v) is 11.7. The number of ether oxygens (including phenoxy) is 3. The highest BCUT2D eigenvalue weighted by Gasteiger charge is 2.60. The molecule has 2 saturated heterocycles. The van der Waals surface area contributed by atoms with Crippen LogP contribution in [0.15, 0.2) is 59.3 Å². The Morgan fingerprint density at radius 3 is 2.33 bits per heavy atom. The van der Waals surface area contributed by atoms with Gasteiger partial charge in [-0.25, -0.2) is 14.6 Å². The molecule has 3 aromatic rings. The SMILES string of the molecule is Cn1cc(Br)nc1C1(OCC(=O)O)CCN(C(=O)OCC2c3ccccc3-c3ccccc32)CC12CCOCC2. The first-order valence-corrected chi connectivity index (χ1v) is 14.4. The van der Waals surface area contributed by atoms with E-state index in [1.165, 1.54) is 11.1 Å². The number of aliphatic carboxylic acids is 1. The number of likely N-dealkylation sites (tertiary alicyclic amines) is 1. The summed E-state index contributed by atoms with van der Waals surface area (Å²) in [7, 11) is 1.88. The van der Waals surface area contributed by atoms with Crippen LogP contribution in [0.3, 0.4) is 0 Å². The average Bonchev–Trinajstić information content (AvgIpc) is 3.47. The fraction of sp³-hybridized carbons (Fsp3) is 0.433. The number of carbonyl (C=O) groups is 2. The number of imidazole rings is 1. The molecule has 40 heavy (non-hydrogen) atoms. The van der Waals surface area contributed by atoms with E-state index < -0.39 is 23.6 Å². The zero-order valence-electron chi connectivity index (χ0n) is 22.3. The lowest BCUT2D eigenvalue weighted by Gasteiger charge is -2.56. The summed E-state index contributed by atoms with van der Waals surface area (Å²) in [6.07, 6.45) is 3.06. The smallest absolute Gasteiger partial charge is 0.409 e. The number of aromatic nitrogens is 2. The number of carboxylic acid groups (broad SMARTS) is 1. The molecule has 1 atom stereocenters. The van der Waals surface area contributed by atoms with Crippen molar-refractivity contribution in [1.29, 1.82) is 0 Å². The van der Waals surface area contributed by atoms with Gasteiger partial charge in [-0.1, -0.05) is 48.5 Å². The van der Waals surface area contributed by atoms with Crippen molar-refractivity contribution in [2.45, 2.75) is 30.8 Å². The Hall–Kier alpha value is -3.21. The Labute approximate surface area is 241 Å². The minimum Gasteiger partial charge on any atom is -0.480 e. The molecule has 1 unspecified atom stereocenters. The molecule has 10 heteroatoms. The number of rotatable bonds is 6. The number of hydrogen-bond acceptors (Lipinski definition) is 6. The molecule has 3 heterocycles. The van der Waals surface area contributed by atoms with E-state index in [0.717, 1.165) is 11.1 Å². The molecule has 2 fully saturated rings. The van der Waals surface area contributed by atoms with Crippen LogP contribution in [0.25, 0.3) is 11.1 Å². The monoisotopic (exact) mass is 609 g/mol. The molecule has 1 aliphatic carbocycles. The fourth-order valence-electron chi connectivity index (χ4n) is 6.92. The molecule has 0 radical (unpaired) electrons. The topological polar surface area (TPSA) is 103 Å². The minimum atomic E-state index is -1.05. The van der Waals surface area contributed by atoms with Crippen molar-refractivity contribution in [3.05, 3.63) is 76.3 Å².